The summed E-state index contributed by atoms with van der Waals surface area (Å²) in [5.74, 6) is -2.51. The van der Waals surface area contributed by atoms with E-state index < -0.39 is 66.1 Å². The summed E-state index contributed by atoms with van der Waals surface area (Å²) in [6.45, 7) is 9.13. The molecular weight excluding hydrogens is 638 g/mol. The number of hydrogen-bond donors (Lipinski definition) is 2. The van der Waals surface area contributed by atoms with Gasteiger partial charge >= 0.3 is 17.9 Å². The number of esters is 3. The monoisotopic (exact) mass is 683 g/mol. The molecule has 3 heterocycles. The molecule has 3 aliphatic rings. The molecule has 1 aromatic carbocycles. The molecule has 1 aliphatic carbocycles. The van der Waals surface area contributed by atoms with Crippen molar-refractivity contribution >= 4 is 29.5 Å². The number of aliphatic hydroxyl groups is 1. The molecule has 10 nitrogen and oxygen atoms in total. The Bertz CT molecular complexity index is 1500. The Morgan fingerprint density at radius 1 is 1.08 bits per heavy atom. The zero-order valence-corrected chi connectivity index (χ0v) is 29.0. The van der Waals surface area contributed by atoms with Gasteiger partial charge in [-0.1, -0.05) is 44.2 Å². The van der Waals surface area contributed by atoms with Crippen LogP contribution in [0.3, 0.4) is 0 Å². The minimum Gasteiger partial charge on any atom is -0.456 e. The summed E-state index contributed by atoms with van der Waals surface area (Å²) >= 11 is 5.89. The number of H-pyrrole nitrogens is 1. The third kappa shape index (κ3) is 7.27. The Labute approximate surface area is 286 Å². The maximum Gasteiger partial charge on any atom is 0.355 e. The zero-order valence-electron chi connectivity index (χ0n) is 28.3. The number of hydrogen-bond acceptors (Lipinski definition) is 9. The molecule has 0 radical (unpaired) electrons. The molecule has 1 saturated heterocycles. The van der Waals surface area contributed by atoms with Crippen LogP contribution in [0.4, 0.5) is 0 Å². The first-order valence-corrected chi connectivity index (χ1v) is 17.1. The molecule has 2 aromatic rings. The number of carbonyl (C=O) groups excluding carboxylic acids is 3. The summed E-state index contributed by atoms with van der Waals surface area (Å²) in [6, 6.07) is 10.2. The molecule has 0 saturated carbocycles. The van der Waals surface area contributed by atoms with Crippen LogP contribution in [0.25, 0.3) is 0 Å². The van der Waals surface area contributed by atoms with Crippen LogP contribution in [0.2, 0.25) is 0 Å². The Balaban J connectivity index is 1.45. The second-order valence-corrected chi connectivity index (χ2v) is 13.7. The van der Waals surface area contributed by atoms with Crippen molar-refractivity contribution < 1.29 is 43.2 Å². The van der Waals surface area contributed by atoms with Crippen LogP contribution in [0, 0.1) is 23.7 Å². The van der Waals surface area contributed by atoms with E-state index in [1.165, 1.54) is 7.11 Å². The van der Waals surface area contributed by atoms with E-state index in [1.807, 2.05) is 26.8 Å². The molecule has 0 amide bonds. The van der Waals surface area contributed by atoms with Crippen LogP contribution in [-0.4, -0.2) is 77.3 Å². The highest BCUT2D eigenvalue weighted by molar-refractivity contribution is 6.17. The first-order valence-electron chi connectivity index (χ1n) is 16.5. The van der Waals surface area contributed by atoms with Gasteiger partial charge in [-0.25, -0.2) is 14.4 Å². The van der Waals surface area contributed by atoms with Gasteiger partial charge < -0.3 is 33.8 Å². The summed E-state index contributed by atoms with van der Waals surface area (Å²) in [4.78, 5) is 42.7. The third-order valence-corrected chi connectivity index (χ3v) is 10.5. The number of cyclic esters (lactones) is 1. The van der Waals surface area contributed by atoms with Crippen LogP contribution in [0.15, 0.2) is 66.4 Å². The number of benzene rings is 1. The van der Waals surface area contributed by atoms with Crippen molar-refractivity contribution in [3.63, 3.8) is 0 Å². The number of nitrogens with one attached hydrogen (secondary N) is 1. The van der Waals surface area contributed by atoms with Crippen LogP contribution in [0.1, 0.15) is 73.9 Å². The first-order chi connectivity index (χ1) is 22.9. The smallest absolute Gasteiger partial charge is 0.355 e. The number of aromatic nitrogens is 1. The number of halogens is 1. The van der Waals surface area contributed by atoms with Gasteiger partial charge in [0.1, 0.15) is 30.1 Å². The van der Waals surface area contributed by atoms with Gasteiger partial charge in [0, 0.05) is 42.9 Å². The van der Waals surface area contributed by atoms with Gasteiger partial charge in [-0.05, 0) is 69.0 Å². The van der Waals surface area contributed by atoms with E-state index in [0.29, 0.717) is 23.6 Å². The lowest BCUT2D eigenvalue weighted by Gasteiger charge is -2.41. The van der Waals surface area contributed by atoms with Gasteiger partial charge in [-0.3, -0.25) is 0 Å². The second-order valence-electron chi connectivity index (χ2n) is 13.4. The summed E-state index contributed by atoms with van der Waals surface area (Å²) < 4.78 is 30.7. The predicted molar refractivity (Wildman–Crippen MR) is 178 cm³/mol. The van der Waals surface area contributed by atoms with E-state index in [9.17, 15) is 19.5 Å². The van der Waals surface area contributed by atoms with Crippen molar-refractivity contribution in [1.29, 1.82) is 0 Å². The summed E-state index contributed by atoms with van der Waals surface area (Å²) in [5, 5.41) is 10.6. The molecule has 1 unspecified atom stereocenters. The summed E-state index contributed by atoms with van der Waals surface area (Å²) in [5.41, 5.74) is 1.62. The van der Waals surface area contributed by atoms with Gasteiger partial charge in [0.15, 0.2) is 6.10 Å². The van der Waals surface area contributed by atoms with Gasteiger partial charge in [-0.15, -0.1) is 11.6 Å². The molecule has 5 rings (SSSR count). The number of alkyl halides is 1. The molecule has 1 fully saturated rings. The molecular formula is C37H46ClNO9. The molecule has 1 aromatic heterocycles. The summed E-state index contributed by atoms with van der Waals surface area (Å²) in [6.07, 6.45) is 4.02. The average molecular weight is 684 g/mol. The van der Waals surface area contributed by atoms with E-state index in [0.717, 1.165) is 11.1 Å². The highest BCUT2D eigenvalue weighted by Crippen LogP contribution is 2.53. The lowest BCUT2D eigenvalue weighted by Crippen LogP contribution is -2.48. The molecule has 260 valence electrons. The fourth-order valence-electron chi connectivity index (χ4n) is 7.24. The Morgan fingerprint density at radius 2 is 1.81 bits per heavy atom. The number of aromatic amines is 1. The van der Waals surface area contributed by atoms with Crippen LogP contribution >= 0.6 is 11.6 Å². The Morgan fingerprint density at radius 3 is 2.44 bits per heavy atom. The van der Waals surface area contributed by atoms with Crippen molar-refractivity contribution in [2.45, 2.75) is 95.6 Å². The topological polar surface area (TPSA) is 133 Å². The van der Waals surface area contributed by atoms with Crippen LogP contribution in [0.5, 0.6) is 0 Å². The van der Waals surface area contributed by atoms with E-state index >= 15 is 0 Å². The predicted octanol–water partition coefficient (Wildman–Crippen LogP) is 5.78. The standard InChI is InChI=1S/C37H46ClNO9/c1-20-16-21(2)37-18-27(33(48-37)32(22(3)23(4)40)47-35(42)29-8-7-15-39-29)13-14-28(37)17-30(44-6)36(43)46-31(20)24(5)45-34(41)26-11-9-25(19-38)10-12-26/h7-16,20,22-24,27-28,30-33,39-40H,17-19H2,1-6H3/b21-16+/t20-,22-,23+,24-,27-,28?,30+,31+,32-,33-,37+/m1/s1. The van der Waals surface area contributed by atoms with Crippen molar-refractivity contribution in [2.75, 3.05) is 7.11 Å². The van der Waals surface area contributed by atoms with Crippen molar-refractivity contribution in [2.24, 2.45) is 23.7 Å². The third-order valence-electron chi connectivity index (χ3n) is 10.2. The maximum atomic E-state index is 13.6. The van der Waals surface area contributed by atoms with Gasteiger partial charge in [-0.2, -0.15) is 0 Å². The minimum absolute atomic E-state index is 0.126. The average Bonchev–Trinajstić information content (AvgIpc) is 3.72. The first kappa shape index (κ1) is 35.9. The van der Waals surface area contributed by atoms with E-state index in [1.54, 1.807) is 56.4 Å². The normalized spacial score (nSPS) is 32.1. The van der Waals surface area contributed by atoms with E-state index in [4.69, 9.17) is 35.3 Å². The zero-order chi connectivity index (χ0) is 34.7. The fourth-order valence-corrected chi connectivity index (χ4v) is 7.41. The molecule has 11 heteroatoms. The van der Waals surface area contributed by atoms with Gasteiger partial charge in [0.2, 0.25) is 0 Å². The largest absolute Gasteiger partial charge is 0.456 e. The van der Waals surface area contributed by atoms with E-state index in [2.05, 4.69) is 17.1 Å². The number of carbonyl (C=O) groups is 3. The lowest BCUT2D eigenvalue weighted by atomic mass is 9.69. The molecule has 2 bridgehead atoms. The van der Waals surface area contributed by atoms with Crippen molar-refractivity contribution in [3.8, 4) is 0 Å². The highest BCUT2D eigenvalue weighted by Gasteiger charge is 2.57. The van der Waals surface area contributed by atoms with E-state index in [-0.39, 0.29) is 24.2 Å². The van der Waals surface area contributed by atoms with Crippen molar-refractivity contribution in [3.05, 3.63) is 83.2 Å². The molecule has 2 aliphatic heterocycles. The number of fused-ring (bicyclic) bond motifs is 1. The number of rotatable bonds is 10. The van der Waals surface area contributed by atoms with Gasteiger partial charge in [0.25, 0.3) is 0 Å². The van der Waals surface area contributed by atoms with Gasteiger partial charge in [0.05, 0.1) is 17.3 Å². The number of ether oxygens (including phenoxy) is 5. The molecule has 11 atom stereocenters. The number of methoxy groups -OCH3 is 1. The lowest BCUT2D eigenvalue weighted by molar-refractivity contribution is -0.172. The van der Waals surface area contributed by atoms with Crippen LogP contribution < -0.4 is 0 Å². The fraction of sp³-hybridized carbons (Fsp3) is 0.541. The Hall–Kier alpha value is -3.44. The number of aliphatic hydroxyl groups excluding tert-OH is 1. The molecule has 48 heavy (non-hydrogen) atoms. The second kappa shape index (κ2) is 15.0. The quantitative estimate of drug-likeness (QED) is 0.138. The van der Waals surface area contributed by atoms with Crippen molar-refractivity contribution in [1.82, 2.24) is 4.98 Å². The molecule has 1 spiro atoms. The maximum absolute atomic E-state index is 13.6. The Kier molecular flexibility index (Phi) is 11.2. The summed E-state index contributed by atoms with van der Waals surface area (Å²) in [7, 11) is 1.47. The van der Waals surface area contributed by atoms with Crippen LogP contribution in [-0.2, 0) is 34.4 Å². The molecule has 2 N–H and O–H groups in total. The SMILES string of the molecule is CO[C@H]1CC2C=C[C@@H]3C[C@]2(O[C@H]3[C@H](OC(=O)c2ccc[nH]2)[C@H](C)[C@H](C)O)/C(C)=C/[C@@H](C)[C@@H]([C@@H](C)OC(=O)c2ccc(CCl)cc2)OC1=O. The minimum atomic E-state index is -0.916. The highest BCUT2D eigenvalue weighted by atomic mass is 35.5.